The number of hydrogen-bond donors (Lipinski definition) is 1. The van der Waals surface area contributed by atoms with Gasteiger partial charge in [0.25, 0.3) is 5.91 Å². The van der Waals surface area contributed by atoms with Crippen molar-refractivity contribution in [1.29, 1.82) is 0 Å². The van der Waals surface area contributed by atoms with Crippen LogP contribution in [-0.2, 0) is 4.74 Å². The number of ether oxygens (including phenoxy) is 1. The van der Waals surface area contributed by atoms with E-state index in [2.05, 4.69) is 21.3 Å². The van der Waals surface area contributed by atoms with E-state index in [0.29, 0.717) is 23.0 Å². The number of rotatable bonds is 4. The lowest BCUT2D eigenvalue weighted by molar-refractivity contribution is 0.0600. The van der Waals surface area contributed by atoms with Gasteiger partial charge in [-0.1, -0.05) is 18.9 Å². The molecule has 0 atom stereocenters. The molecular weight excluding hydrogens is 348 g/mol. The molecule has 0 radical (unpaired) electrons. The quantitative estimate of drug-likeness (QED) is 0.669. The molecule has 1 fully saturated rings. The highest BCUT2D eigenvalue weighted by Crippen LogP contribution is 2.36. The molecular formula is C20H20N2O3S. The summed E-state index contributed by atoms with van der Waals surface area (Å²) in [5.41, 5.74) is 2.82. The minimum absolute atomic E-state index is 0.151. The van der Waals surface area contributed by atoms with Crippen molar-refractivity contribution in [3.63, 3.8) is 0 Å². The molecule has 1 aliphatic carbocycles. The molecule has 1 N–H and O–H groups in total. The number of amides is 1. The van der Waals surface area contributed by atoms with Crippen LogP contribution in [0.4, 0.5) is 5.69 Å². The van der Waals surface area contributed by atoms with E-state index in [1.54, 1.807) is 35.6 Å². The number of carbonyl (C=O) groups is 2. The standard InChI is InChI=1S/C20H20N2O3S/c1-25-20(24)13-5-4-6-14(11-13)21-19(23)17-12-18-16(9-10-26-18)22(17)15-7-2-3-8-15/h4-6,9-12,15H,2-3,7-8H2,1H3,(H,21,23). The Kier molecular flexibility index (Phi) is 4.51. The van der Waals surface area contributed by atoms with Crippen molar-refractivity contribution in [2.45, 2.75) is 31.7 Å². The van der Waals surface area contributed by atoms with Crippen molar-refractivity contribution in [2.24, 2.45) is 0 Å². The van der Waals surface area contributed by atoms with Crippen molar-refractivity contribution in [3.8, 4) is 0 Å². The van der Waals surface area contributed by atoms with Crippen LogP contribution in [0.3, 0.4) is 0 Å². The van der Waals surface area contributed by atoms with Gasteiger partial charge < -0.3 is 14.6 Å². The second-order valence-corrected chi connectivity index (χ2v) is 7.48. The number of anilines is 1. The third kappa shape index (κ3) is 3.01. The lowest BCUT2D eigenvalue weighted by Gasteiger charge is -2.17. The van der Waals surface area contributed by atoms with E-state index in [9.17, 15) is 9.59 Å². The molecule has 6 heteroatoms. The third-order valence-electron chi connectivity index (χ3n) is 4.92. The lowest BCUT2D eigenvalue weighted by atomic mass is 10.2. The van der Waals surface area contributed by atoms with Gasteiger partial charge >= 0.3 is 5.97 Å². The topological polar surface area (TPSA) is 60.3 Å². The zero-order valence-corrected chi connectivity index (χ0v) is 15.3. The largest absolute Gasteiger partial charge is 0.465 e. The fourth-order valence-corrected chi connectivity index (χ4v) is 4.52. The molecule has 1 amide bonds. The van der Waals surface area contributed by atoms with Crippen LogP contribution in [0.2, 0.25) is 0 Å². The highest BCUT2D eigenvalue weighted by molar-refractivity contribution is 7.17. The number of fused-ring (bicyclic) bond motifs is 1. The van der Waals surface area contributed by atoms with E-state index >= 15 is 0 Å². The van der Waals surface area contributed by atoms with Crippen molar-refractivity contribution in [2.75, 3.05) is 12.4 Å². The molecule has 26 heavy (non-hydrogen) atoms. The SMILES string of the molecule is COC(=O)c1cccc(NC(=O)c2cc3sccc3n2C2CCCC2)c1. The van der Waals surface area contributed by atoms with Gasteiger partial charge in [0.15, 0.2) is 0 Å². The van der Waals surface area contributed by atoms with Crippen LogP contribution in [0, 0.1) is 0 Å². The van der Waals surface area contributed by atoms with Gasteiger partial charge in [0.1, 0.15) is 5.69 Å². The molecule has 4 rings (SSSR count). The maximum absolute atomic E-state index is 13.0. The average Bonchev–Trinajstić information content (AvgIpc) is 3.37. The molecule has 0 unspecified atom stereocenters. The van der Waals surface area contributed by atoms with Gasteiger partial charge in [-0.15, -0.1) is 11.3 Å². The fraction of sp³-hybridized carbons (Fsp3) is 0.300. The summed E-state index contributed by atoms with van der Waals surface area (Å²) in [7, 11) is 1.34. The van der Waals surface area contributed by atoms with Crippen molar-refractivity contribution in [3.05, 3.63) is 53.0 Å². The summed E-state index contributed by atoms with van der Waals surface area (Å²) in [6.07, 6.45) is 4.63. The fourth-order valence-electron chi connectivity index (χ4n) is 3.71. The first-order valence-corrected chi connectivity index (χ1v) is 9.63. The minimum Gasteiger partial charge on any atom is -0.465 e. The van der Waals surface area contributed by atoms with Gasteiger partial charge in [0.05, 0.1) is 22.9 Å². The Morgan fingerprint density at radius 2 is 2.00 bits per heavy atom. The molecule has 1 aliphatic rings. The van der Waals surface area contributed by atoms with Crippen LogP contribution in [0.5, 0.6) is 0 Å². The summed E-state index contributed by atoms with van der Waals surface area (Å²) < 4.78 is 8.07. The molecule has 3 aromatic rings. The van der Waals surface area contributed by atoms with Gasteiger partial charge in [-0.25, -0.2) is 4.79 Å². The first-order chi connectivity index (χ1) is 12.7. The Morgan fingerprint density at radius 1 is 1.19 bits per heavy atom. The van der Waals surface area contributed by atoms with Crippen LogP contribution >= 0.6 is 11.3 Å². The summed E-state index contributed by atoms with van der Waals surface area (Å²) in [4.78, 5) is 24.7. The highest BCUT2D eigenvalue weighted by Gasteiger charge is 2.25. The third-order valence-corrected chi connectivity index (χ3v) is 5.78. The molecule has 2 heterocycles. The number of methoxy groups -OCH3 is 1. The van der Waals surface area contributed by atoms with E-state index in [1.807, 2.05) is 6.07 Å². The average molecular weight is 368 g/mol. The van der Waals surface area contributed by atoms with Crippen LogP contribution < -0.4 is 5.32 Å². The summed E-state index contributed by atoms with van der Waals surface area (Å²) in [5.74, 6) is -0.571. The number of carbonyl (C=O) groups excluding carboxylic acids is 2. The number of nitrogens with one attached hydrogen (secondary N) is 1. The van der Waals surface area contributed by atoms with Crippen LogP contribution in [0.25, 0.3) is 10.2 Å². The normalized spacial score (nSPS) is 14.7. The second-order valence-electron chi connectivity index (χ2n) is 6.53. The number of nitrogens with zero attached hydrogens (tertiary/aromatic N) is 1. The number of aromatic nitrogens is 1. The predicted molar refractivity (Wildman–Crippen MR) is 103 cm³/mol. The summed E-state index contributed by atoms with van der Waals surface area (Å²) in [6.45, 7) is 0. The monoisotopic (exact) mass is 368 g/mol. The Balaban J connectivity index is 1.65. The smallest absolute Gasteiger partial charge is 0.337 e. The highest BCUT2D eigenvalue weighted by atomic mass is 32.1. The van der Waals surface area contributed by atoms with E-state index in [-0.39, 0.29) is 5.91 Å². The van der Waals surface area contributed by atoms with Gasteiger partial charge in [-0.2, -0.15) is 0 Å². The van der Waals surface area contributed by atoms with E-state index in [4.69, 9.17) is 4.74 Å². The summed E-state index contributed by atoms with van der Waals surface area (Å²) in [6, 6.07) is 11.2. The van der Waals surface area contributed by atoms with Gasteiger partial charge in [0.2, 0.25) is 0 Å². The zero-order valence-electron chi connectivity index (χ0n) is 14.5. The number of esters is 1. The van der Waals surface area contributed by atoms with Gasteiger partial charge in [-0.05, 0) is 48.6 Å². The maximum atomic E-state index is 13.0. The Morgan fingerprint density at radius 3 is 2.77 bits per heavy atom. The lowest BCUT2D eigenvalue weighted by Crippen LogP contribution is -2.19. The van der Waals surface area contributed by atoms with Gasteiger partial charge in [0, 0.05) is 11.7 Å². The molecule has 1 aromatic carbocycles. The van der Waals surface area contributed by atoms with Crippen LogP contribution in [0.15, 0.2) is 41.8 Å². The van der Waals surface area contributed by atoms with E-state index < -0.39 is 5.97 Å². The molecule has 1 saturated carbocycles. The Bertz CT molecular complexity index is 967. The molecule has 0 saturated heterocycles. The number of hydrogen-bond acceptors (Lipinski definition) is 4. The minimum atomic E-state index is -0.420. The first kappa shape index (κ1) is 16.8. The van der Waals surface area contributed by atoms with Gasteiger partial charge in [-0.3, -0.25) is 4.79 Å². The Labute approximate surface area is 155 Å². The summed E-state index contributed by atoms with van der Waals surface area (Å²) in [5, 5.41) is 5.00. The maximum Gasteiger partial charge on any atom is 0.337 e. The molecule has 0 spiro atoms. The molecule has 0 aliphatic heterocycles. The Hall–Kier alpha value is -2.60. The van der Waals surface area contributed by atoms with Crippen molar-refractivity contribution >= 4 is 39.1 Å². The van der Waals surface area contributed by atoms with Crippen LogP contribution in [-0.4, -0.2) is 23.6 Å². The predicted octanol–water partition coefficient (Wildman–Crippen LogP) is 4.86. The zero-order chi connectivity index (χ0) is 18.1. The molecule has 2 aromatic heterocycles. The summed E-state index contributed by atoms with van der Waals surface area (Å²) >= 11 is 1.65. The van der Waals surface area contributed by atoms with Crippen molar-refractivity contribution < 1.29 is 14.3 Å². The number of benzene rings is 1. The second kappa shape index (κ2) is 6.96. The van der Waals surface area contributed by atoms with E-state index in [0.717, 1.165) is 23.1 Å². The van der Waals surface area contributed by atoms with E-state index in [1.165, 1.54) is 20.0 Å². The molecule has 5 nitrogen and oxygen atoms in total. The number of thiophene rings is 1. The first-order valence-electron chi connectivity index (χ1n) is 8.75. The molecule has 0 bridgehead atoms. The van der Waals surface area contributed by atoms with Crippen LogP contribution in [0.1, 0.15) is 52.6 Å². The molecule has 134 valence electrons. The van der Waals surface area contributed by atoms with Crippen molar-refractivity contribution in [1.82, 2.24) is 4.57 Å².